The minimum atomic E-state index is -4.35. The molecule has 0 aliphatic heterocycles. The number of hydrogen-bond acceptors (Lipinski definition) is 2. The van der Waals surface area contributed by atoms with Crippen molar-refractivity contribution in [1.29, 1.82) is 0 Å². The standard InChI is InChI=1S/C10H19F3N2O/c1-3-8(2)9(16)15(6-4-5-14)7-10(11,12)13/h8H,3-7,14H2,1-2H3. The second kappa shape index (κ2) is 6.73. The lowest BCUT2D eigenvalue weighted by atomic mass is 10.1. The van der Waals surface area contributed by atoms with Gasteiger partial charge in [-0.1, -0.05) is 13.8 Å². The van der Waals surface area contributed by atoms with Crippen molar-refractivity contribution < 1.29 is 18.0 Å². The van der Waals surface area contributed by atoms with Gasteiger partial charge < -0.3 is 10.6 Å². The Hall–Kier alpha value is -0.780. The van der Waals surface area contributed by atoms with Gasteiger partial charge in [-0.15, -0.1) is 0 Å². The number of carbonyl (C=O) groups is 1. The van der Waals surface area contributed by atoms with E-state index in [1.54, 1.807) is 13.8 Å². The number of amides is 1. The summed E-state index contributed by atoms with van der Waals surface area (Å²) in [7, 11) is 0. The minimum Gasteiger partial charge on any atom is -0.333 e. The zero-order valence-electron chi connectivity index (χ0n) is 9.68. The highest BCUT2D eigenvalue weighted by Crippen LogP contribution is 2.18. The summed E-state index contributed by atoms with van der Waals surface area (Å²) < 4.78 is 36.7. The van der Waals surface area contributed by atoms with E-state index in [2.05, 4.69) is 0 Å². The van der Waals surface area contributed by atoms with Crippen LogP contribution in [0, 0.1) is 5.92 Å². The molecule has 16 heavy (non-hydrogen) atoms. The third-order valence-corrected chi connectivity index (χ3v) is 2.35. The summed E-state index contributed by atoms with van der Waals surface area (Å²) in [4.78, 5) is 12.5. The Bertz CT molecular complexity index is 219. The maximum absolute atomic E-state index is 12.2. The first kappa shape index (κ1) is 15.2. The minimum absolute atomic E-state index is 0.0686. The summed E-state index contributed by atoms with van der Waals surface area (Å²) in [5.41, 5.74) is 5.23. The highest BCUT2D eigenvalue weighted by molar-refractivity contribution is 5.78. The van der Waals surface area contributed by atoms with E-state index in [-0.39, 0.29) is 19.0 Å². The number of hydrogen-bond donors (Lipinski definition) is 1. The predicted molar refractivity (Wildman–Crippen MR) is 55.8 cm³/mol. The van der Waals surface area contributed by atoms with Gasteiger partial charge in [0.25, 0.3) is 0 Å². The molecule has 0 saturated heterocycles. The lowest BCUT2D eigenvalue weighted by Crippen LogP contribution is -2.42. The molecular weight excluding hydrogens is 221 g/mol. The van der Waals surface area contributed by atoms with E-state index in [1.807, 2.05) is 0 Å². The zero-order valence-corrected chi connectivity index (χ0v) is 9.68. The Morgan fingerprint density at radius 3 is 2.38 bits per heavy atom. The predicted octanol–water partition coefficient (Wildman–Crippen LogP) is 1.77. The molecule has 0 rings (SSSR count). The van der Waals surface area contributed by atoms with E-state index in [0.29, 0.717) is 12.8 Å². The van der Waals surface area contributed by atoms with Gasteiger partial charge in [0.1, 0.15) is 6.54 Å². The second-order valence-electron chi connectivity index (χ2n) is 3.83. The molecule has 1 atom stereocenters. The van der Waals surface area contributed by atoms with Crippen LogP contribution < -0.4 is 5.73 Å². The highest BCUT2D eigenvalue weighted by atomic mass is 19.4. The van der Waals surface area contributed by atoms with Gasteiger partial charge in [0.05, 0.1) is 0 Å². The topological polar surface area (TPSA) is 46.3 Å². The van der Waals surface area contributed by atoms with Crippen LogP contribution in [0.4, 0.5) is 13.2 Å². The molecule has 0 spiro atoms. The van der Waals surface area contributed by atoms with Gasteiger partial charge in [-0.25, -0.2) is 0 Å². The molecule has 0 aliphatic carbocycles. The molecule has 0 aliphatic rings. The van der Waals surface area contributed by atoms with Gasteiger partial charge in [-0.2, -0.15) is 13.2 Å². The average Bonchev–Trinajstić information content (AvgIpc) is 2.20. The van der Waals surface area contributed by atoms with Crippen molar-refractivity contribution in [2.24, 2.45) is 11.7 Å². The van der Waals surface area contributed by atoms with Crippen molar-refractivity contribution in [2.45, 2.75) is 32.9 Å². The summed E-state index contributed by atoms with van der Waals surface area (Å²) >= 11 is 0. The molecule has 0 aromatic rings. The van der Waals surface area contributed by atoms with Crippen LogP contribution in [-0.4, -0.2) is 36.6 Å². The maximum atomic E-state index is 12.2. The molecule has 3 nitrogen and oxygen atoms in total. The Morgan fingerprint density at radius 1 is 1.44 bits per heavy atom. The van der Waals surface area contributed by atoms with E-state index in [1.165, 1.54) is 0 Å². The monoisotopic (exact) mass is 240 g/mol. The van der Waals surface area contributed by atoms with Crippen LogP contribution in [0.25, 0.3) is 0 Å². The van der Waals surface area contributed by atoms with Gasteiger partial charge >= 0.3 is 6.18 Å². The number of nitrogens with two attached hydrogens (primary N) is 1. The third kappa shape index (κ3) is 5.95. The number of carbonyl (C=O) groups excluding carboxylic acids is 1. The summed E-state index contributed by atoms with van der Waals surface area (Å²) in [5, 5.41) is 0. The molecule has 6 heteroatoms. The fourth-order valence-electron chi connectivity index (χ4n) is 1.25. The number of nitrogens with zero attached hydrogens (tertiary/aromatic N) is 1. The molecule has 0 aromatic carbocycles. The molecule has 0 saturated carbocycles. The summed E-state index contributed by atoms with van der Waals surface area (Å²) in [6.07, 6.45) is -3.42. The van der Waals surface area contributed by atoms with Crippen LogP contribution in [0.3, 0.4) is 0 Å². The molecule has 0 fully saturated rings. The van der Waals surface area contributed by atoms with Crippen molar-refractivity contribution in [3.05, 3.63) is 0 Å². The molecule has 0 aromatic heterocycles. The van der Waals surface area contributed by atoms with Crippen LogP contribution in [0.15, 0.2) is 0 Å². The van der Waals surface area contributed by atoms with E-state index < -0.39 is 18.6 Å². The number of rotatable bonds is 6. The molecule has 1 amide bonds. The van der Waals surface area contributed by atoms with Crippen molar-refractivity contribution in [1.82, 2.24) is 4.90 Å². The number of halogens is 3. The summed E-state index contributed by atoms with van der Waals surface area (Å²) in [6.45, 7) is 2.57. The Labute approximate surface area is 93.8 Å². The maximum Gasteiger partial charge on any atom is 0.406 e. The van der Waals surface area contributed by atoms with E-state index >= 15 is 0 Å². The van der Waals surface area contributed by atoms with Gasteiger partial charge in [-0.05, 0) is 19.4 Å². The smallest absolute Gasteiger partial charge is 0.333 e. The quantitative estimate of drug-likeness (QED) is 0.769. The summed E-state index contributed by atoms with van der Waals surface area (Å²) in [6, 6.07) is 0. The van der Waals surface area contributed by atoms with Gasteiger partial charge in [0.15, 0.2) is 0 Å². The fraction of sp³-hybridized carbons (Fsp3) is 0.900. The second-order valence-corrected chi connectivity index (χ2v) is 3.83. The fourth-order valence-corrected chi connectivity index (χ4v) is 1.25. The van der Waals surface area contributed by atoms with Crippen LogP contribution >= 0.6 is 0 Å². The van der Waals surface area contributed by atoms with Crippen molar-refractivity contribution in [3.63, 3.8) is 0 Å². The van der Waals surface area contributed by atoms with Crippen LogP contribution in [0.2, 0.25) is 0 Å². The normalized spacial score (nSPS) is 13.6. The first-order chi connectivity index (χ1) is 7.31. The summed E-state index contributed by atoms with van der Waals surface area (Å²) in [5.74, 6) is -0.826. The van der Waals surface area contributed by atoms with E-state index in [0.717, 1.165) is 4.90 Å². The lowest BCUT2D eigenvalue weighted by Gasteiger charge is -2.26. The molecular formula is C10H19F3N2O. The van der Waals surface area contributed by atoms with Gasteiger partial charge in [0, 0.05) is 12.5 Å². The SMILES string of the molecule is CCC(C)C(=O)N(CCCN)CC(F)(F)F. The van der Waals surface area contributed by atoms with Crippen LogP contribution in [0.5, 0.6) is 0 Å². The lowest BCUT2D eigenvalue weighted by molar-refractivity contribution is -0.163. The average molecular weight is 240 g/mol. The van der Waals surface area contributed by atoms with E-state index in [4.69, 9.17) is 5.73 Å². The van der Waals surface area contributed by atoms with Gasteiger partial charge in [-0.3, -0.25) is 4.79 Å². The molecule has 96 valence electrons. The molecule has 2 N–H and O–H groups in total. The first-order valence-electron chi connectivity index (χ1n) is 5.37. The van der Waals surface area contributed by atoms with Crippen LogP contribution in [-0.2, 0) is 4.79 Å². The highest BCUT2D eigenvalue weighted by Gasteiger charge is 2.33. The van der Waals surface area contributed by atoms with Crippen molar-refractivity contribution in [2.75, 3.05) is 19.6 Å². The Morgan fingerprint density at radius 2 is 2.00 bits per heavy atom. The van der Waals surface area contributed by atoms with Crippen LogP contribution in [0.1, 0.15) is 26.7 Å². The van der Waals surface area contributed by atoms with Crippen molar-refractivity contribution in [3.8, 4) is 0 Å². The molecule has 1 unspecified atom stereocenters. The van der Waals surface area contributed by atoms with E-state index in [9.17, 15) is 18.0 Å². The number of alkyl halides is 3. The van der Waals surface area contributed by atoms with Crippen molar-refractivity contribution >= 4 is 5.91 Å². The third-order valence-electron chi connectivity index (χ3n) is 2.35. The molecule has 0 radical (unpaired) electrons. The van der Waals surface area contributed by atoms with Gasteiger partial charge in [0.2, 0.25) is 5.91 Å². The molecule has 0 heterocycles. The molecule has 0 bridgehead atoms. The largest absolute Gasteiger partial charge is 0.406 e. The Balaban J connectivity index is 4.47. The Kier molecular flexibility index (Phi) is 6.40. The zero-order chi connectivity index (χ0) is 12.8. The first-order valence-corrected chi connectivity index (χ1v) is 5.37.